The number of benzene rings is 1. The molecule has 6 nitrogen and oxygen atoms in total. The Balaban J connectivity index is 2.09. The molecule has 1 N–H and O–H groups in total. The lowest BCUT2D eigenvalue weighted by atomic mass is 9.96. The van der Waals surface area contributed by atoms with Gasteiger partial charge in [0.25, 0.3) is 0 Å². The van der Waals surface area contributed by atoms with Crippen LogP contribution in [-0.2, 0) is 9.53 Å². The summed E-state index contributed by atoms with van der Waals surface area (Å²) in [5.41, 5.74) is 1.92. The third-order valence-electron chi connectivity index (χ3n) is 3.61. The van der Waals surface area contributed by atoms with Crippen molar-refractivity contribution >= 4 is 23.4 Å². The molecular formula is C17H15ClN4O2. The maximum absolute atomic E-state index is 12.2. The van der Waals surface area contributed by atoms with E-state index in [1.165, 1.54) is 7.11 Å². The molecule has 1 aliphatic heterocycles. The number of amidine groups is 1. The number of rotatable bonds is 3. The first-order valence-electron chi connectivity index (χ1n) is 7.27. The van der Waals surface area contributed by atoms with E-state index < -0.39 is 12.0 Å². The number of hydrogen-bond donors (Lipinski definition) is 1. The fourth-order valence-corrected chi connectivity index (χ4v) is 2.60. The van der Waals surface area contributed by atoms with Crippen molar-refractivity contribution in [3.8, 4) is 0 Å². The van der Waals surface area contributed by atoms with Gasteiger partial charge in [0.1, 0.15) is 6.04 Å². The molecule has 1 aliphatic rings. The number of carbonyl (C=O) groups is 1. The van der Waals surface area contributed by atoms with Crippen molar-refractivity contribution < 1.29 is 9.53 Å². The third kappa shape index (κ3) is 3.14. The molecule has 122 valence electrons. The number of aromatic nitrogens is 2. The van der Waals surface area contributed by atoms with Crippen molar-refractivity contribution in [3.63, 3.8) is 0 Å². The molecule has 1 aromatic carbocycles. The number of nitrogens with zero attached hydrogens (tertiary/aromatic N) is 3. The zero-order chi connectivity index (χ0) is 17.1. The summed E-state index contributed by atoms with van der Waals surface area (Å²) >= 11 is 5.96. The number of allylic oxidation sites excluding steroid dienone is 1. The van der Waals surface area contributed by atoms with E-state index in [4.69, 9.17) is 16.3 Å². The van der Waals surface area contributed by atoms with Gasteiger partial charge in [-0.3, -0.25) is 4.99 Å². The molecule has 7 heteroatoms. The molecule has 0 radical (unpaired) electrons. The average molecular weight is 343 g/mol. The smallest absolute Gasteiger partial charge is 0.338 e. The van der Waals surface area contributed by atoms with E-state index in [-0.39, 0.29) is 0 Å². The second-order valence-electron chi connectivity index (χ2n) is 5.16. The summed E-state index contributed by atoms with van der Waals surface area (Å²) in [6.45, 7) is 1.80. The van der Waals surface area contributed by atoms with Gasteiger partial charge in [-0.15, -0.1) is 0 Å². The molecule has 0 saturated carbocycles. The van der Waals surface area contributed by atoms with Crippen molar-refractivity contribution in [2.45, 2.75) is 13.0 Å². The van der Waals surface area contributed by atoms with Crippen LogP contribution in [0.2, 0.25) is 5.02 Å². The number of esters is 1. The molecular weight excluding hydrogens is 328 g/mol. The number of aliphatic imine (C=N–C) groups is 1. The van der Waals surface area contributed by atoms with Crippen LogP contribution >= 0.6 is 11.6 Å². The molecule has 0 amide bonds. The van der Waals surface area contributed by atoms with Gasteiger partial charge in [-0.1, -0.05) is 23.7 Å². The maximum atomic E-state index is 12.2. The van der Waals surface area contributed by atoms with E-state index in [1.54, 1.807) is 37.5 Å². The Labute approximate surface area is 144 Å². The monoisotopic (exact) mass is 342 g/mol. The molecule has 0 aliphatic carbocycles. The first kappa shape index (κ1) is 16.1. The van der Waals surface area contributed by atoms with Crippen LogP contribution in [-0.4, -0.2) is 28.9 Å². The average Bonchev–Trinajstić information content (AvgIpc) is 2.62. The van der Waals surface area contributed by atoms with Gasteiger partial charge in [-0.25, -0.2) is 14.8 Å². The molecule has 0 saturated heterocycles. The molecule has 1 unspecified atom stereocenters. The maximum Gasteiger partial charge on any atom is 0.338 e. The Bertz CT molecular complexity index is 816. The minimum absolute atomic E-state index is 0.434. The van der Waals surface area contributed by atoms with E-state index in [0.717, 1.165) is 5.56 Å². The quantitative estimate of drug-likeness (QED) is 0.868. The Hall–Kier alpha value is -2.73. The lowest BCUT2D eigenvalue weighted by Crippen LogP contribution is -2.33. The van der Waals surface area contributed by atoms with Gasteiger partial charge in [0.2, 0.25) is 0 Å². The Kier molecular flexibility index (Phi) is 4.57. The molecule has 0 spiro atoms. The lowest BCUT2D eigenvalue weighted by molar-refractivity contribution is -0.136. The molecule has 1 aromatic heterocycles. The fourth-order valence-electron chi connectivity index (χ4n) is 2.47. The second kappa shape index (κ2) is 6.80. The van der Waals surface area contributed by atoms with Crippen LogP contribution in [0, 0.1) is 0 Å². The number of nitrogens with one attached hydrogen (secondary N) is 1. The topological polar surface area (TPSA) is 76.5 Å². The van der Waals surface area contributed by atoms with Gasteiger partial charge < -0.3 is 10.1 Å². The zero-order valence-corrected chi connectivity index (χ0v) is 13.9. The number of hydrogen-bond acceptors (Lipinski definition) is 6. The van der Waals surface area contributed by atoms with Crippen molar-refractivity contribution in [1.82, 2.24) is 15.3 Å². The summed E-state index contributed by atoms with van der Waals surface area (Å²) in [6, 6.07) is 8.40. The van der Waals surface area contributed by atoms with E-state index in [0.29, 0.717) is 28.0 Å². The standard InChI is InChI=1S/C17H15ClN4O2/c1-10-13(17(23)24-2)14(11-4-6-12(18)7-5-11)22-16(21-10)15-19-8-3-9-20-15/h3-9,14H,1-2H3,(H,21,22). The summed E-state index contributed by atoms with van der Waals surface area (Å²) in [4.78, 5) is 25.3. The predicted octanol–water partition coefficient (Wildman–Crippen LogP) is 2.67. The first-order valence-corrected chi connectivity index (χ1v) is 7.64. The number of ether oxygens (including phenoxy) is 1. The van der Waals surface area contributed by atoms with Gasteiger partial charge >= 0.3 is 5.97 Å². The second-order valence-corrected chi connectivity index (χ2v) is 5.60. The molecule has 3 rings (SSSR count). The summed E-state index contributed by atoms with van der Waals surface area (Å²) < 4.78 is 4.91. The molecule has 2 heterocycles. The molecule has 1 atom stereocenters. The molecule has 0 fully saturated rings. The van der Waals surface area contributed by atoms with Crippen LogP contribution in [0.3, 0.4) is 0 Å². The van der Waals surface area contributed by atoms with Gasteiger partial charge in [0.05, 0.1) is 12.7 Å². The minimum Gasteiger partial charge on any atom is -0.466 e. The zero-order valence-electron chi connectivity index (χ0n) is 13.2. The Morgan fingerprint density at radius 3 is 2.50 bits per heavy atom. The molecule has 2 aromatic rings. The Morgan fingerprint density at radius 1 is 1.21 bits per heavy atom. The normalized spacial score (nSPS) is 17.1. The van der Waals surface area contributed by atoms with E-state index in [9.17, 15) is 4.79 Å². The highest BCUT2D eigenvalue weighted by Gasteiger charge is 2.30. The van der Waals surface area contributed by atoms with Crippen molar-refractivity contribution in [2.75, 3.05) is 7.11 Å². The number of methoxy groups -OCH3 is 1. The van der Waals surface area contributed by atoms with Crippen molar-refractivity contribution in [1.29, 1.82) is 0 Å². The fraction of sp³-hybridized carbons (Fsp3) is 0.176. The third-order valence-corrected chi connectivity index (χ3v) is 3.86. The largest absolute Gasteiger partial charge is 0.466 e. The number of carbonyl (C=O) groups excluding carboxylic acids is 1. The Morgan fingerprint density at radius 2 is 1.88 bits per heavy atom. The highest BCUT2D eigenvalue weighted by Crippen LogP contribution is 2.32. The van der Waals surface area contributed by atoms with E-state index >= 15 is 0 Å². The van der Waals surface area contributed by atoms with E-state index in [2.05, 4.69) is 20.3 Å². The lowest BCUT2D eigenvalue weighted by Gasteiger charge is -2.25. The van der Waals surface area contributed by atoms with Crippen LogP contribution in [0.1, 0.15) is 24.4 Å². The van der Waals surface area contributed by atoms with Gasteiger partial charge in [-0.05, 0) is 30.7 Å². The van der Waals surface area contributed by atoms with Crippen LogP contribution in [0.4, 0.5) is 0 Å². The molecule has 0 bridgehead atoms. The summed E-state index contributed by atoms with van der Waals surface area (Å²) in [7, 11) is 1.35. The summed E-state index contributed by atoms with van der Waals surface area (Å²) in [5, 5.41) is 3.70. The summed E-state index contributed by atoms with van der Waals surface area (Å²) in [5.74, 6) is 0.525. The van der Waals surface area contributed by atoms with E-state index in [1.807, 2.05) is 12.1 Å². The SMILES string of the molecule is COC(=O)C1=C(C)NC(c2ncccn2)=NC1c1ccc(Cl)cc1. The van der Waals surface area contributed by atoms with Crippen LogP contribution < -0.4 is 5.32 Å². The van der Waals surface area contributed by atoms with Gasteiger partial charge in [-0.2, -0.15) is 0 Å². The van der Waals surface area contributed by atoms with Crippen LogP contribution in [0.5, 0.6) is 0 Å². The summed E-state index contributed by atoms with van der Waals surface area (Å²) in [6.07, 6.45) is 3.28. The van der Waals surface area contributed by atoms with Gasteiger partial charge in [0, 0.05) is 23.1 Å². The van der Waals surface area contributed by atoms with Crippen LogP contribution in [0.25, 0.3) is 0 Å². The first-order chi connectivity index (χ1) is 11.6. The van der Waals surface area contributed by atoms with Crippen molar-refractivity contribution in [2.24, 2.45) is 4.99 Å². The minimum atomic E-state index is -0.519. The predicted molar refractivity (Wildman–Crippen MR) is 90.6 cm³/mol. The highest BCUT2D eigenvalue weighted by molar-refractivity contribution is 6.30. The highest BCUT2D eigenvalue weighted by atomic mass is 35.5. The van der Waals surface area contributed by atoms with Crippen molar-refractivity contribution in [3.05, 3.63) is 70.4 Å². The van der Waals surface area contributed by atoms with Gasteiger partial charge in [0.15, 0.2) is 11.7 Å². The number of halogens is 1. The molecule has 24 heavy (non-hydrogen) atoms. The van der Waals surface area contributed by atoms with Crippen LogP contribution in [0.15, 0.2) is 59.0 Å².